The Bertz CT molecular complexity index is 335. The van der Waals surface area contributed by atoms with Crippen LogP contribution in [0, 0.1) is 0 Å². The third-order valence-corrected chi connectivity index (χ3v) is 14.9. The second-order valence-corrected chi connectivity index (χ2v) is 18.4. The highest BCUT2D eigenvalue weighted by Gasteiger charge is 2.46. The molecule has 0 fully saturated rings. The second kappa shape index (κ2) is 11.1. The molecule has 0 saturated carbocycles. The summed E-state index contributed by atoms with van der Waals surface area (Å²) in [6, 6.07) is 1.36. The molecule has 0 heterocycles. The molecule has 1 N–H and O–H groups in total. The van der Waals surface area contributed by atoms with Crippen LogP contribution in [0.1, 0.15) is 59.8 Å². The Morgan fingerprint density at radius 2 is 1.67 bits per heavy atom. The van der Waals surface area contributed by atoms with Crippen LogP contribution >= 0.6 is 0 Å². The van der Waals surface area contributed by atoms with E-state index in [1.807, 2.05) is 0 Å². The topological polar surface area (TPSA) is 38.7 Å². The SMILES string of the molecule is CCCC[Si](C)(C)C(C)(CC)O[Si](C)(C)C(C)CCCOCCO. The van der Waals surface area contributed by atoms with Gasteiger partial charge in [-0.25, -0.2) is 0 Å². The van der Waals surface area contributed by atoms with E-state index in [0.29, 0.717) is 12.1 Å². The molecule has 0 aliphatic heterocycles. The van der Waals surface area contributed by atoms with E-state index in [4.69, 9.17) is 14.3 Å². The van der Waals surface area contributed by atoms with Crippen LogP contribution in [0.15, 0.2) is 0 Å². The molecule has 0 rings (SSSR count). The van der Waals surface area contributed by atoms with Crippen LogP contribution in [0.5, 0.6) is 0 Å². The highest BCUT2D eigenvalue weighted by Crippen LogP contribution is 2.39. The number of aliphatic hydroxyl groups is 1. The molecule has 3 nitrogen and oxygen atoms in total. The van der Waals surface area contributed by atoms with Crippen molar-refractivity contribution < 1.29 is 14.3 Å². The second-order valence-electron chi connectivity index (χ2n) is 8.66. The van der Waals surface area contributed by atoms with Crippen molar-refractivity contribution in [3.05, 3.63) is 0 Å². The summed E-state index contributed by atoms with van der Waals surface area (Å²) in [5, 5.41) is 8.85. The van der Waals surface area contributed by atoms with Crippen LogP contribution in [-0.2, 0) is 9.16 Å². The van der Waals surface area contributed by atoms with Crippen molar-refractivity contribution in [1.29, 1.82) is 0 Å². The van der Waals surface area contributed by atoms with Gasteiger partial charge in [-0.1, -0.05) is 52.8 Å². The van der Waals surface area contributed by atoms with Crippen molar-refractivity contribution in [2.24, 2.45) is 0 Å². The van der Waals surface area contributed by atoms with E-state index in [-0.39, 0.29) is 11.8 Å². The summed E-state index contributed by atoms with van der Waals surface area (Å²) in [4.78, 5) is 0. The Hall–Kier alpha value is 0.314. The average molecular weight is 377 g/mol. The van der Waals surface area contributed by atoms with Gasteiger partial charge in [0.2, 0.25) is 0 Å². The molecular formula is C19H44O3Si2. The summed E-state index contributed by atoms with van der Waals surface area (Å²) in [7, 11) is -3.17. The summed E-state index contributed by atoms with van der Waals surface area (Å²) in [6.07, 6.45) is 5.94. The average Bonchev–Trinajstić information content (AvgIpc) is 2.51. The molecule has 0 aliphatic rings. The third kappa shape index (κ3) is 7.69. The Kier molecular flexibility index (Phi) is 11.3. The summed E-state index contributed by atoms with van der Waals surface area (Å²) in [6.45, 7) is 20.5. The molecule has 2 unspecified atom stereocenters. The van der Waals surface area contributed by atoms with Crippen LogP contribution in [-0.4, -0.2) is 46.5 Å². The zero-order chi connectivity index (χ0) is 18.9. The van der Waals surface area contributed by atoms with E-state index in [1.165, 1.54) is 18.9 Å². The Morgan fingerprint density at radius 3 is 2.17 bits per heavy atom. The van der Waals surface area contributed by atoms with E-state index < -0.39 is 16.4 Å². The predicted molar refractivity (Wildman–Crippen MR) is 111 cm³/mol. The first-order chi connectivity index (χ1) is 11.1. The van der Waals surface area contributed by atoms with Gasteiger partial charge in [0.1, 0.15) is 0 Å². The minimum absolute atomic E-state index is 0.0829. The fourth-order valence-corrected chi connectivity index (χ4v) is 10.3. The van der Waals surface area contributed by atoms with Gasteiger partial charge < -0.3 is 14.3 Å². The number of rotatable bonds is 14. The molecule has 146 valence electrons. The molecule has 0 radical (unpaired) electrons. The van der Waals surface area contributed by atoms with E-state index >= 15 is 0 Å². The first kappa shape index (κ1) is 24.3. The van der Waals surface area contributed by atoms with Gasteiger partial charge in [-0.3, -0.25) is 0 Å². The first-order valence-corrected chi connectivity index (χ1v) is 16.1. The summed E-state index contributed by atoms with van der Waals surface area (Å²) >= 11 is 0. The van der Waals surface area contributed by atoms with Crippen molar-refractivity contribution in [2.75, 3.05) is 19.8 Å². The normalized spacial score (nSPS) is 16.9. The number of hydrogen-bond acceptors (Lipinski definition) is 3. The predicted octanol–water partition coefficient (Wildman–Crippen LogP) is 5.60. The van der Waals surface area contributed by atoms with Crippen LogP contribution in [0.2, 0.25) is 37.8 Å². The maximum absolute atomic E-state index is 8.76. The molecule has 0 aromatic rings. The molecule has 0 aromatic carbocycles. The molecule has 0 saturated heterocycles. The lowest BCUT2D eigenvalue weighted by molar-refractivity contribution is 0.0889. The van der Waals surface area contributed by atoms with Gasteiger partial charge in [0, 0.05) is 11.8 Å². The number of unbranched alkanes of at least 4 members (excludes halogenated alkanes) is 1. The van der Waals surface area contributed by atoms with Crippen molar-refractivity contribution in [2.45, 2.75) is 103 Å². The highest BCUT2D eigenvalue weighted by molar-refractivity contribution is 6.82. The fraction of sp³-hybridized carbons (Fsp3) is 1.00. The van der Waals surface area contributed by atoms with Crippen LogP contribution in [0.3, 0.4) is 0 Å². The van der Waals surface area contributed by atoms with Gasteiger partial charge in [-0.05, 0) is 44.8 Å². The molecule has 0 aliphatic carbocycles. The molecule has 5 heteroatoms. The quantitative estimate of drug-likeness (QED) is 0.316. The number of aliphatic hydroxyl groups excluding tert-OH is 1. The van der Waals surface area contributed by atoms with Crippen molar-refractivity contribution in [3.8, 4) is 0 Å². The number of ether oxygens (including phenoxy) is 1. The monoisotopic (exact) mass is 376 g/mol. The largest absolute Gasteiger partial charge is 0.415 e. The van der Waals surface area contributed by atoms with Crippen molar-refractivity contribution >= 4 is 16.4 Å². The minimum Gasteiger partial charge on any atom is -0.415 e. The van der Waals surface area contributed by atoms with Gasteiger partial charge in [-0.2, -0.15) is 0 Å². The zero-order valence-electron chi connectivity index (χ0n) is 17.7. The molecule has 0 bridgehead atoms. The van der Waals surface area contributed by atoms with Gasteiger partial charge in [-0.15, -0.1) is 0 Å². The lowest BCUT2D eigenvalue weighted by Crippen LogP contribution is -2.59. The fourth-order valence-electron chi connectivity index (χ4n) is 3.26. The molecule has 2 atom stereocenters. The van der Waals surface area contributed by atoms with Crippen molar-refractivity contribution in [3.63, 3.8) is 0 Å². The van der Waals surface area contributed by atoms with E-state index in [1.54, 1.807) is 0 Å². The van der Waals surface area contributed by atoms with Gasteiger partial charge in [0.05, 0.1) is 21.3 Å². The van der Waals surface area contributed by atoms with Gasteiger partial charge in [0.25, 0.3) is 0 Å². The summed E-state index contributed by atoms with van der Waals surface area (Å²) in [5.41, 5.74) is 0.622. The smallest absolute Gasteiger partial charge is 0.189 e. The number of hydrogen-bond donors (Lipinski definition) is 1. The van der Waals surface area contributed by atoms with Gasteiger partial charge in [0.15, 0.2) is 8.32 Å². The van der Waals surface area contributed by atoms with Crippen LogP contribution in [0.25, 0.3) is 0 Å². The minimum atomic E-state index is -1.75. The first-order valence-electron chi connectivity index (χ1n) is 9.95. The Morgan fingerprint density at radius 1 is 1.04 bits per heavy atom. The van der Waals surface area contributed by atoms with Crippen molar-refractivity contribution in [1.82, 2.24) is 0 Å². The highest BCUT2D eigenvalue weighted by atomic mass is 28.4. The van der Waals surface area contributed by atoms with Crippen LogP contribution in [0.4, 0.5) is 0 Å². The summed E-state index contributed by atoms with van der Waals surface area (Å²) < 4.78 is 12.4. The van der Waals surface area contributed by atoms with E-state index in [9.17, 15) is 0 Å². The summed E-state index contributed by atoms with van der Waals surface area (Å²) in [5.74, 6) is 0. The maximum Gasteiger partial charge on any atom is 0.189 e. The molecule has 0 aromatic heterocycles. The lowest BCUT2D eigenvalue weighted by Gasteiger charge is -2.48. The van der Waals surface area contributed by atoms with Gasteiger partial charge >= 0.3 is 0 Å². The standard InChI is InChI=1S/C19H44O3Si2/c1-9-11-17-23(5,6)19(4,10-2)22-24(7,8)18(3)13-12-15-21-16-14-20/h18,20H,9-17H2,1-8H3. The van der Waals surface area contributed by atoms with Crippen LogP contribution < -0.4 is 0 Å². The van der Waals surface area contributed by atoms with E-state index in [0.717, 1.165) is 25.9 Å². The zero-order valence-corrected chi connectivity index (χ0v) is 19.7. The third-order valence-electron chi connectivity index (χ3n) is 6.10. The Labute approximate surface area is 153 Å². The molecule has 24 heavy (non-hydrogen) atoms. The van der Waals surface area contributed by atoms with E-state index in [2.05, 4.69) is 53.9 Å². The molecule has 0 spiro atoms. The maximum atomic E-state index is 8.76. The Balaban J connectivity index is 4.75. The lowest BCUT2D eigenvalue weighted by atomic mass is 10.2. The molecular weight excluding hydrogens is 332 g/mol. The molecule has 0 amide bonds.